The van der Waals surface area contributed by atoms with E-state index in [1.165, 1.54) is 12.1 Å². The van der Waals surface area contributed by atoms with Crippen LogP contribution in [0.4, 0.5) is 8.78 Å². The van der Waals surface area contributed by atoms with E-state index in [1.54, 1.807) is 18.4 Å². The van der Waals surface area contributed by atoms with Crippen LogP contribution in [0, 0.1) is 11.6 Å². The van der Waals surface area contributed by atoms with E-state index in [0.717, 1.165) is 16.8 Å². The number of nitrogens with zero attached hydrogens (tertiary/aromatic N) is 3. The molecule has 0 spiro atoms. The Kier molecular flexibility index (Phi) is 11.0. The van der Waals surface area contributed by atoms with Gasteiger partial charge in [-0.05, 0) is 25.5 Å². The van der Waals surface area contributed by atoms with Crippen molar-refractivity contribution >= 4 is 41.3 Å². The number of nitrogens with one attached hydrogen (secondary N) is 1. The van der Waals surface area contributed by atoms with Crippen molar-refractivity contribution in [2.24, 2.45) is 4.99 Å². The molecule has 1 N–H and O–H groups in total. The molecule has 0 bridgehead atoms. The Labute approximate surface area is 192 Å². The van der Waals surface area contributed by atoms with E-state index in [0.29, 0.717) is 31.2 Å². The molecule has 1 aromatic heterocycles. The third-order valence-electron chi connectivity index (χ3n) is 4.37. The van der Waals surface area contributed by atoms with Gasteiger partial charge in [-0.2, -0.15) is 0 Å². The lowest BCUT2D eigenvalue weighted by Crippen LogP contribution is -2.38. The quantitative estimate of drug-likeness (QED) is 0.294. The molecule has 2 aromatic rings. The van der Waals surface area contributed by atoms with Crippen molar-refractivity contribution in [3.8, 4) is 0 Å². The lowest BCUT2D eigenvalue weighted by atomic mass is 10.0. The fraction of sp³-hybridized carbons (Fsp3) is 0.500. The van der Waals surface area contributed by atoms with Crippen LogP contribution < -0.4 is 5.32 Å². The van der Waals surface area contributed by atoms with E-state index in [-0.39, 0.29) is 36.0 Å². The number of benzene rings is 1. The Morgan fingerprint density at radius 1 is 1.34 bits per heavy atom. The maximum atomic E-state index is 14.0. The summed E-state index contributed by atoms with van der Waals surface area (Å²) in [5.41, 5.74) is 1.40. The molecular formula is C20H29F2IN4OS. The molecule has 0 aliphatic rings. The number of hydrogen-bond donors (Lipinski definition) is 1. The third-order valence-corrected chi connectivity index (χ3v) is 5.43. The molecule has 0 saturated carbocycles. The molecule has 0 radical (unpaired) electrons. The molecular weight excluding hydrogens is 509 g/mol. The largest absolute Gasteiger partial charge is 0.375 e. The van der Waals surface area contributed by atoms with Crippen LogP contribution in [0.5, 0.6) is 0 Å². The lowest BCUT2D eigenvalue weighted by molar-refractivity contribution is 0.119. The molecule has 0 aliphatic heterocycles. The predicted molar refractivity (Wildman–Crippen MR) is 125 cm³/mol. The summed E-state index contributed by atoms with van der Waals surface area (Å²) in [6.45, 7) is 7.53. The molecule has 2 rings (SSSR count). The van der Waals surface area contributed by atoms with Crippen molar-refractivity contribution in [2.75, 3.05) is 27.2 Å². The maximum Gasteiger partial charge on any atom is 0.194 e. The second kappa shape index (κ2) is 12.4. The van der Waals surface area contributed by atoms with Gasteiger partial charge in [-0.1, -0.05) is 13.0 Å². The maximum absolute atomic E-state index is 14.0. The molecule has 1 heterocycles. The fourth-order valence-corrected chi connectivity index (χ4v) is 3.54. The summed E-state index contributed by atoms with van der Waals surface area (Å²) in [6.07, 6.45) is -0.0302. The van der Waals surface area contributed by atoms with E-state index in [4.69, 9.17) is 4.74 Å². The molecule has 2 atom stereocenters. The van der Waals surface area contributed by atoms with Crippen LogP contribution in [-0.4, -0.2) is 43.1 Å². The summed E-state index contributed by atoms with van der Waals surface area (Å²) in [5, 5.41) is 6.20. The van der Waals surface area contributed by atoms with Crippen LogP contribution in [-0.2, 0) is 11.3 Å². The smallest absolute Gasteiger partial charge is 0.194 e. The molecule has 2 unspecified atom stereocenters. The molecule has 0 saturated heterocycles. The molecule has 0 aliphatic carbocycles. The lowest BCUT2D eigenvalue weighted by Gasteiger charge is -2.22. The molecule has 1 aromatic carbocycles. The highest BCUT2D eigenvalue weighted by molar-refractivity contribution is 14.0. The van der Waals surface area contributed by atoms with Gasteiger partial charge in [-0.25, -0.2) is 13.8 Å². The highest BCUT2D eigenvalue weighted by Crippen LogP contribution is 2.22. The van der Waals surface area contributed by atoms with Crippen molar-refractivity contribution in [3.05, 3.63) is 51.5 Å². The fourth-order valence-electron chi connectivity index (χ4n) is 2.69. The van der Waals surface area contributed by atoms with Crippen LogP contribution in [0.1, 0.15) is 49.1 Å². The van der Waals surface area contributed by atoms with Gasteiger partial charge in [-0.3, -0.25) is 4.99 Å². The minimum atomic E-state index is -0.574. The Hall–Kier alpha value is -1.33. The highest BCUT2D eigenvalue weighted by atomic mass is 127. The van der Waals surface area contributed by atoms with Gasteiger partial charge in [0, 0.05) is 44.6 Å². The zero-order valence-corrected chi connectivity index (χ0v) is 20.6. The van der Waals surface area contributed by atoms with Gasteiger partial charge in [0.25, 0.3) is 0 Å². The van der Waals surface area contributed by atoms with Crippen molar-refractivity contribution in [1.29, 1.82) is 0 Å². The Morgan fingerprint density at radius 3 is 2.69 bits per heavy atom. The number of aromatic nitrogens is 1. The first-order valence-corrected chi connectivity index (χ1v) is 10.1. The number of ether oxygens (including phenoxy) is 1. The Bertz CT molecular complexity index is 803. The summed E-state index contributed by atoms with van der Waals surface area (Å²) in [6, 6.07) is 3.67. The van der Waals surface area contributed by atoms with Gasteiger partial charge < -0.3 is 15.0 Å². The van der Waals surface area contributed by atoms with Gasteiger partial charge in [0.15, 0.2) is 5.96 Å². The first kappa shape index (κ1) is 25.7. The Balaban J connectivity index is 0.00000420. The zero-order chi connectivity index (χ0) is 20.7. The molecule has 9 heteroatoms. The van der Waals surface area contributed by atoms with Crippen molar-refractivity contribution in [2.45, 2.75) is 39.3 Å². The summed E-state index contributed by atoms with van der Waals surface area (Å²) in [5.74, 6) is -0.568. The standard InChI is InChI=1S/C20H28F2N4OS.HI/c1-6-23-20(24-10-13(2)17-8-7-15(21)9-18(17)22)26(4)11-16-12-28-19(25-16)14(3)27-5;/h7-9,12-14H,6,10-11H2,1-5H3,(H,23,24);1H. The SMILES string of the molecule is CCNC(=NCC(C)c1ccc(F)cc1F)N(C)Cc1csc(C(C)OC)n1.I. The topological polar surface area (TPSA) is 49.8 Å². The second-order valence-corrected chi connectivity index (χ2v) is 7.56. The average molecular weight is 538 g/mol. The molecule has 0 amide bonds. The first-order valence-electron chi connectivity index (χ1n) is 9.27. The van der Waals surface area contributed by atoms with E-state index in [9.17, 15) is 8.78 Å². The van der Waals surface area contributed by atoms with Crippen molar-refractivity contribution < 1.29 is 13.5 Å². The number of aliphatic imine (C=N–C) groups is 1. The normalized spacial score (nSPS) is 13.6. The number of thiazole rings is 1. The summed E-state index contributed by atoms with van der Waals surface area (Å²) in [7, 11) is 3.60. The van der Waals surface area contributed by atoms with Crippen molar-refractivity contribution in [1.82, 2.24) is 15.2 Å². The minimum absolute atomic E-state index is 0. The van der Waals surface area contributed by atoms with Gasteiger partial charge in [0.05, 0.1) is 12.2 Å². The first-order chi connectivity index (χ1) is 13.3. The number of rotatable bonds is 8. The van der Waals surface area contributed by atoms with Gasteiger partial charge in [0.1, 0.15) is 22.7 Å². The minimum Gasteiger partial charge on any atom is -0.375 e. The van der Waals surface area contributed by atoms with Gasteiger partial charge in [-0.15, -0.1) is 35.3 Å². The third kappa shape index (κ3) is 7.45. The number of methoxy groups -OCH3 is 1. The number of hydrogen-bond acceptors (Lipinski definition) is 4. The van der Waals surface area contributed by atoms with Crippen LogP contribution in [0.25, 0.3) is 0 Å². The average Bonchev–Trinajstić information content (AvgIpc) is 3.12. The zero-order valence-electron chi connectivity index (χ0n) is 17.4. The monoisotopic (exact) mass is 538 g/mol. The van der Waals surface area contributed by atoms with Crippen LogP contribution >= 0.6 is 35.3 Å². The van der Waals surface area contributed by atoms with Crippen LogP contribution in [0.3, 0.4) is 0 Å². The van der Waals surface area contributed by atoms with Gasteiger partial charge in [0.2, 0.25) is 0 Å². The summed E-state index contributed by atoms with van der Waals surface area (Å²) < 4.78 is 32.4. The second-order valence-electron chi connectivity index (χ2n) is 6.67. The number of guanidine groups is 1. The van der Waals surface area contributed by atoms with Crippen LogP contribution in [0.2, 0.25) is 0 Å². The van der Waals surface area contributed by atoms with E-state index in [1.807, 2.05) is 38.1 Å². The molecule has 0 fully saturated rings. The highest BCUT2D eigenvalue weighted by Gasteiger charge is 2.15. The summed E-state index contributed by atoms with van der Waals surface area (Å²) in [4.78, 5) is 11.2. The van der Waals surface area contributed by atoms with Gasteiger partial charge >= 0.3 is 0 Å². The van der Waals surface area contributed by atoms with E-state index >= 15 is 0 Å². The molecule has 29 heavy (non-hydrogen) atoms. The van der Waals surface area contributed by atoms with E-state index in [2.05, 4.69) is 15.3 Å². The predicted octanol–water partition coefficient (Wildman–Crippen LogP) is 4.95. The number of halogens is 3. The molecule has 5 nitrogen and oxygen atoms in total. The molecule has 162 valence electrons. The Morgan fingerprint density at radius 2 is 2.07 bits per heavy atom. The van der Waals surface area contributed by atoms with Crippen LogP contribution in [0.15, 0.2) is 28.6 Å². The van der Waals surface area contributed by atoms with Crippen molar-refractivity contribution in [3.63, 3.8) is 0 Å². The summed E-state index contributed by atoms with van der Waals surface area (Å²) >= 11 is 1.57. The van der Waals surface area contributed by atoms with E-state index < -0.39 is 11.6 Å².